The van der Waals surface area contributed by atoms with Crippen molar-refractivity contribution in [3.05, 3.63) is 48.0 Å². The van der Waals surface area contributed by atoms with Crippen LogP contribution in [0.1, 0.15) is 98.8 Å². The highest BCUT2D eigenvalue weighted by Crippen LogP contribution is 2.15. The lowest BCUT2D eigenvalue weighted by atomic mass is 9.96. The van der Waals surface area contributed by atoms with E-state index in [2.05, 4.69) is 52.5 Å². The average Bonchev–Trinajstić information content (AvgIpc) is 3.86. The Morgan fingerprint density at radius 2 is 1.08 bits per heavy atom. The fourth-order valence-corrected chi connectivity index (χ4v) is 7.50. The van der Waals surface area contributed by atoms with Crippen LogP contribution in [0.3, 0.4) is 0 Å². The second-order valence-electron chi connectivity index (χ2n) is 19.6. The maximum Gasteiger partial charge on any atom is 0.326 e. The van der Waals surface area contributed by atoms with Crippen molar-refractivity contribution >= 4 is 65.1 Å². The Labute approximate surface area is 440 Å². The third-order valence-corrected chi connectivity index (χ3v) is 12.1. The molecule has 2 rings (SSSR count). The van der Waals surface area contributed by atoms with Crippen molar-refractivity contribution in [1.29, 1.82) is 0 Å². The molecule has 0 aliphatic carbocycles. The Kier molecular flexibility index (Phi) is 26.5. The molecule has 0 radical (unpaired) electrons. The molecule has 0 spiro atoms. The highest BCUT2D eigenvalue weighted by atomic mass is 16.4. The summed E-state index contributed by atoms with van der Waals surface area (Å²) in [6.07, 6.45) is 0.451. The maximum atomic E-state index is 14.2. The van der Waals surface area contributed by atoms with Crippen LogP contribution < -0.4 is 54.0 Å². The number of phenols is 1. The van der Waals surface area contributed by atoms with Crippen LogP contribution in [-0.4, -0.2) is 156 Å². The number of aromatic hydroxyl groups is 1. The van der Waals surface area contributed by atoms with Crippen LogP contribution in [0.15, 0.2) is 36.8 Å². The van der Waals surface area contributed by atoms with Crippen LogP contribution >= 0.6 is 0 Å². The van der Waals surface area contributed by atoms with Crippen LogP contribution in [0.4, 0.5) is 0 Å². The predicted molar refractivity (Wildman–Crippen MR) is 272 cm³/mol. The van der Waals surface area contributed by atoms with Gasteiger partial charge in [0.2, 0.25) is 53.2 Å². The molecule has 1 aromatic carbocycles. The van der Waals surface area contributed by atoms with Crippen molar-refractivity contribution in [2.75, 3.05) is 6.61 Å². The van der Waals surface area contributed by atoms with E-state index in [-0.39, 0.29) is 37.4 Å². The minimum atomic E-state index is -1.76. The van der Waals surface area contributed by atoms with Crippen molar-refractivity contribution < 1.29 is 73.2 Å². The summed E-state index contributed by atoms with van der Waals surface area (Å²) >= 11 is 0. The Morgan fingerprint density at radius 1 is 0.605 bits per heavy atom. The van der Waals surface area contributed by atoms with Gasteiger partial charge in [0.05, 0.1) is 19.4 Å². The number of nitrogens with two attached hydrogens (primary N) is 2. The van der Waals surface area contributed by atoms with Crippen LogP contribution in [0.2, 0.25) is 0 Å². The van der Waals surface area contributed by atoms with Gasteiger partial charge >= 0.3 is 11.9 Å². The number of primary amides is 1. The minimum absolute atomic E-state index is 0.0525. The largest absolute Gasteiger partial charge is 0.508 e. The Hall–Kier alpha value is -7.68. The van der Waals surface area contributed by atoms with Crippen LogP contribution in [0.5, 0.6) is 5.75 Å². The van der Waals surface area contributed by atoms with Gasteiger partial charge in [-0.3, -0.25) is 47.9 Å². The molecule has 0 fully saturated rings. The second-order valence-corrected chi connectivity index (χ2v) is 19.6. The number of aliphatic hydroxyl groups excluding tert-OH is 1. The Bertz CT molecular complexity index is 2310. The number of rotatable bonds is 33. The molecule has 1 aromatic heterocycles. The number of carboxylic acids is 2. The number of carboxylic acid groups (broad SMARTS) is 2. The molecule has 0 aliphatic heterocycles. The van der Waals surface area contributed by atoms with E-state index in [1.54, 1.807) is 55.4 Å². The van der Waals surface area contributed by atoms with E-state index in [0.717, 1.165) is 0 Å². The van der Waals surface area contributed by atoms with Gasteiger partial charge < -0.3 is 79.4 Å². The normalized spacial score (nSPS) is 15.2. The molecule has 27 heteroatoms. The standard InChI is InChI=1S/C49H76N12O15/c1-9-26(8)40(48(74)57-34(19-36(51)64)44(70)56-33(18-28-20-52-22-53-28)43(69)58-35(49(75)76)17-27-10-12-29(63)13-11-27)61-45(71)32(16-23(2)3)55-42(68)31(14-15-37(65)66)54-46(72)38(24(4)5)60-47(73)39(25(6)7)59-41(67)30(50)21-62/h10-13,20,22-26,30-35,38-40,62-63H,9,14-19,21,50H2,1-8H3,(H2,51,64)(H,52,53)(H,54,72)(H,55,68)(H,56,70)(H,57,74)(H,58,69)(H,59,67)(H,60,73)(H,61,71)(H,65,66)(H,75,76)/t26-,30-,31-,32-,33-,34-,35-,38-,39-,40-/m0/s1. The number of imidazole rings is 1. The summed E-state index contributed by atoms with van der Waals surface area (Å²) in [7, 11) is 0. The van der Waals surface area contributed by atoms with E-state index in [1.165, 1.54) is 36.8 Å². The zero-order valence-electron chi connectivity index (χ0n) is 44.0. The summed E-state index contributed by atoms with van der Waals surface area (Å²) in [5.74, 6) is -13.5. The summed E-state index contributed by atoms with van der Waals surface area (Å²) < 4.78 is 0. The quantitative estimate of drug-likeness (QED) is 0.0347. The summed E-state index contributed by atoms with van der Waals surface area (Å²) in [6.45, 7) is 12.4. The van der Waals surface area contributed by atoms with Crippen molar-refractivity contribution in [2.45, 2.75) is 155 Å². The van der Waals surface area contributed by atoms with Gasteiger partial charge in [-0.25, -0.2) is 9.78 Å². The SMILES string of the molecule is CC[C@H](C)[C@H](NC(=O)[C@H](CC(C)C)NC(=O)[C@H](CCC(=O)O)NC(=O)[C@@H](NC(=O)[C@@H](NC(=O)[C@@H](N)CO)C(C)C)C(C)C)C(=O)N[C@@H](CC(N)=O)C(=O)N[C@@H](Cc1cnc[nH]1)C(=O)N[C@@H](Cc1ccc(O)cc1)C(=O)O. The maximum absolute atomic E-state index is 14.2. The van der Waals surface area contributed by atoms with E-state index in [4.69, 9.17) is 11.5 Å². The number of benzene rings is 1. The number of phenolic OH excluding ortho intramolecular Hbond substituents is 1. The molecule has 10 atom stereocenters. The number of hydrogen-bond donors (Lipinski definition) is 15. The third-order valence-electron chi connectivity index (χ3n) is 12.1. The number of carbonyl (C=O) groups is 11. The number of aromatic amines is 1. The molecule has 17 N–H and O–H groups in total. The number of nitrogens with zero attached hydrogens (tertiary/aromatic N) is 1. The number of carbonyl (C=O) groups excluding carboxylic acids is 9. The Morgan fingerprint density at radius 3 is 1.58 bits per heavy atom. The van der Waals surface area contributed by atoms with E-state index >= 15 is 0 Å². The third kappa shape index (κ3) is 21.7. The van der Waals surface area contributed by atoms with Gasteiger partial charge in [-0.05, 0) is 54.2 Å². The van der Waals surface area contributed by atoms with Gasteiger partial charge in [0.1, 0.15) is 60.1 Å². The average molecular weight is 1070 g/mol. The number of aromatic nitrogens is 2. The number of nitrogens with one attached hydrogen (secondary N) is 9. The highest BCUT2D eigenvalue weighted by Gasteiger charge is 2.38. The lowest BCUT2D eigenvalue weighted by Gasteiger charge is -2.30. The minimum Gasteiger partial charge on any atom is -0.508 e. The van der Waals surface area contributed by atoms with E-state index in [9.17, 15) is 73.2 Å². The topological polar surface area (TPSA) is 446 Å². The molecular formula is C49H76N12O15. The van der Waals surface area contributed by atoms with Gasteiger partial charge in [-0.1, -0.05) is 73.9 Å². The van der Waals surface area contributed by atoms with Crippen molar-refractivity contribution in [1.82, 2.24) is 52.5 Å². The molecule has 9 amide bonds. The molecule has 0 saturated heterocycles. The smallest absolute Gasteiger partial charge is 0.326 e. The van der Waals surface area contributed by atoms with Gasteiger partial charge in [-0.2, -0.15) is 0 Å². The first-order chi connectivity index (χ1) is 35.6. The first kappa shape index (κ1) is 64.4. The summed E-state index contributed by atoms with van der Waals surface area (Å²) in [6, 6.07) is -7.57. The molecule has 2 aromatic rings. The molecule has 1 heterocycles. The number of aliphatic carboxylic acids is 2. The zero-order chi connectivity index (χ0) is 57.6. The summed E-state index contributed by atoms with van der Waals surface area (Å²) in [5, 5.41) is 58.4. The number of hydrogen-bond acceptors (Lipinski definition) is 15. The second kappa shape index (κ2) is 31.3. The molecule has 27 nitrogen and oxygen atoms in total. The highest BCUT2D eigenvalue weighted by molar-refractivity contribution is 5.99. The van der Waals surface area contributed by atoms with Crippen molar-refractivity contribution in [3.63, 3.8) is 0 Å². The summed E-state index contributed by atoms with van der Waals surface area (Å²) in [4.78, 5) is 153. The lowest BCUT2D eigenvalue weighted by Crippen LogP contribution is -2.62. The molecule has 422 valence electrons. The van der Waals surface area contributed by atoms with E-state index < -0.39 is 163 Å². The lowest BCUT2D eigenvalue weighted by molar-refractivity contribution is -0.142. The fourth-order valence-electron chi connectivity index (χ4n) is 7.50. The first-order valence-electron chi connectivity index (χ1n) is 24.9. The molecule has 0 bridgehead atoms. The van der Waals surface area contributed by atoms with Crippen molar-refractivity contribution in [3.8, 4) is 5.75 Å². The fraction of sp³-hybridized carbons (Fsp3) is 0.592. The van der Waals surface area contributed by atoms with Gasteiger partial charge in [0.25, 0.3) is 0 Å². The van der Waals surface area contributed by atoms with E-state index in [1.807, 2.05) is 0 Å². The van der Waals surface area contributed by atoms with Crippen LogP contribution in [0.25, 0.3) is 0 Å². The molecule has 0 aliphatic rings. The zero-order valence-corrected chi connectivity index (χ0v) is 44.0. The monoisotopic (exact) mass is 1070 g/mol. The van der Waals surface area contributed by atoms with Gasteiger partial charge in [-0.15, -0.1) is 0 Å². The molecule has 76 heavy (non-hydrogen) atoms. The first-order valence-corrected chi connectivity index (χ1v) is 24.9. The van der Waals surface area contributed by atoms with E-state index in [0.29, 0.717) is 11.3 Å². The number of H-pyrrole nitrogens is 1. The number of aliphatic hydroxyl groups is 1. The van der Waals surface area contributed by atoms with Gasteiger partial charge in [0.15, 0.2) is 0 Å². The number of amides is 9. The predicted octanol–water partition coefficient (Wildman–Crippen LogP) is -2.67. The van der Waals surface area contributed by atoms with Gasteiger partial charge in [0, 0.05) is 31.2 Å². The molecule has 0 unspecified atom stereocenters. The van der Waals surface area contributed by atoms with Crippen LogP contribution in [-0.2, 0) is 65.6 Å². The molecular weight excluding hydrogens is 997 g/mol. The van der Waals surface area contributed by atoms with Crippen LogP contribution in [0, 0.1) is 23.7 Å². The Balaban J connectivity index is 2.41. The molecule has 0 saturated carbocycles. The summed E-state index contributed by atoms with van der Waals surface area (Å²) in [5.41, 5.74) is 11.9. The van der Waals surface area contributed by atoms with Crippen molar-refractivity contribution in [2.24, 2.45) is 35.1 Å².